The van der Waals surface area contributed by atoms with Crippen molar-refractivity contribution in [1.29, 1.82) is 0 Å². The Bertz CT molecular complexity index is 315. The minimum atomic E-state index is 0.477. The van der Waals surface area contributed by atoms with Crippen molar-refractivity contribution in [1.82, 2.24) is 4.98 Å². The third-order valence-electron chi connectivity index (χ3n) is 2.06. The average molecular weight is 255 g/mol. The first-order valence-electron chi connectivity index (χ1n) is 4.65. The molecule has 0 saturated carbocycles. The van der Waals surface area contributed by atoms with Crippen LogP contribution in [0.2, 0.25) is 0 Å². The zero-order valence-electron chi connectivity index (χ0n) is 8.50. The van der Waals surface area contributed by atoms with Crippen molar-refractivity contribution >= 4 is 22.0 Å². The minimum Gasteiger partial charge on any atom is -0.327 e. The van der Waals surface area contributed by atoms with Crippen molar-refractivity contribution in [3.05, 3.63) is 34.1 Å². The second kappa shape index (κ2) is 5.27. The van der Waals surface area contributed by atoms with Gasteiger partial charge in [0, 0.05) is 17.2 Å². The van der Waals surface area contributed by atoms with Crippen LogP contribution in [0.25, 0.3) is 6.08 Å². The standard InChI is InChI=1S/C11H15BrN2/c1-8(2)9(6-13)5-11-4-3-10(12)7-14-11/h3-5,7-8H,6,13H2,1-2H3/b9-5+. The quantitative estimate of drug-likeness (QED) is 0.901. The lowest BCUT2D eigenvalue weighted by atomic mass is 10.0. The zero-order chi connectivity index (χ0) is 10.6. The molecule has 1 aromatic rings. The van der Waals surface area contributed by atoms with Crippen molar-refractivity contribution in [2.75, 3.05) is 6.54 Å². The molecule has 1 heterocycles. The van der Waals surface area contributed by atoms with E-state index in [1.165, 1.54) is 5.57 Å². The van der Waals surface area contributed by atoms with E-state index in [4.69, 9.17) is 5.73 Å². The van der Waals surface area contributed by atoms with Crippen LogP contribution >= 0.6 is 15.9 Å². The number of hydrogen-bond donors (Lipinski definition) is 1. The molecule has 0 amide bonds. The van der Waals surface area contributed by atoms with Gasteiger partial charge in [-0.3, -0.25) is 4.98 Å². The highest BCUT2D eigenvalue weighted by molar-refractivity contribution is 9.10. The molecule has 0 unspecified atom stereocenters. The Morgan fingerprint density at radius 2 is 2.29 bits per heavy atom. The first-order valence-corrected chi connectivity index (χ1v) is 5.45. The molecule has 76 valence electrons. The molecule has 0 bridgehead atoms. The lowest BCUT2D eigenvalue weighted by Crippen LogP contribution is -2.08. The van der Waals surface area contributed by atoms with E-state index in [1.807, 2.05) is 12.1 Å². The SMILES string of the molecule is CC(C)/C(=C/c1ccc(Br)cn1)CN. The van der Waals surface area contributed by atoms with Crippen molar-refractivity contribution in [3.8, 4) is 0 Å². The molecule has 0 aromatic carbocycles. The van der Waals surface area contributed by atoms with Gasteiger partial charge in [0.1, 0.15) is 0 Å². The summed E-state index contributed by atoms with van der Waals surface area (Å²) in [5.74, 6) is 0.477. The Labute approximate surface area is 93.4 Å². The van der Waals surface area contributed by atoms with E-state index >= 15 is 0 Å². The molecule has 0 aliphatic carbocycles. The molecular formula is C11H15BrN2. The summed E-state index contributed by atoms with van der Waals surface area (Å²) in [6.45, 7) is 4.87. The minimum absolute atomic E-state index is 0.477. The van der Waals surface area contributed by atoms with E-state index in [0.29, 0.717) is 12.5 Å². The third kappa shape index (κ3) is 3.24. The van der Waals surface area contributed by atoms with Gasteiger partial charge in [0.15, 0.2) is 0 Å². The molecule has 0 fully saturated rings. The summed E-state index contributed by atoms with van der Waals surface area (Å²) in [6, 6.07) is 3.95. The van der Waals surface area contributed by atoms with Gasteiger partial charge in [-0.25, -0.2) is 0 Å². The van der Waals surface area contributed by atoms with Crippen LogP contribution in [-0.2, 0) is 0 Å². The lowest BCUT2D eigenvalue weighted by molar-refractivity contribution is 0.752. The normalized spacial score (nSPS) is 12.2. The smallest absolute Gasteiger partial charge is 0.0630 e. The van der Waals surface area contributed by atoms with Gasteiger partial charge < -0.3 is 5.73 Å². The topological polar surface area (TPSA) is 38.9 Å². The predicted octanol–water partition coefficient (Wildman–Crippen LogP) is 2.84. The van der Waals surface area contributed by atoms with Crippen molar-refractivity contribution in [2.45, 2.75) is 13.8 Å². The molecule has 2 nitrogen and oxygen atoms in total. The Morgan fingerprint density at radius 3 is 2.71 bits per heavy atom. The Kier molecular flexibility index (Phi) is 4.29. The van der Waals surface area contributed by atoms with Crippen molar-refractivity contribution < 1.29 is 0 Å². The molecule has 0 aliphatic heterocycles. The summed E-state index contributed by atoms with van der Waals surface area (Å²) in [5.41, 5.74) is 7.83. The third-order valence-corrected chi connectivity index (χ3v) is 2.53. The van der Waals surface area contributed by atoms with Crippen LogP contribution in [-0.4, -0.2) is 11.5 Å². The average Bonchev–Trinajstić information content (AvgIpc) is 2.16. The van der Waals surface area contributed by atoms with Gasteiger partial charge in [-0.15, -0.1) is 0 Å². The summed E-state index contributed by atoms with van der Waals surface area (Å²) >= 11 is 3.35. The molecule has 3 heteroatoms. The maximum absolute atomic E-state index is 5.65. The maximum atomic E-state index is 5.65. The monoisotopic (exact) mass is 254 g/mol. The van der Waals surface area contributed by atoms with E-state index in [1.54, 1.807) is 6.20 Å². The van der Waals surface area contributed by atoms with Gasteiger partial charge >= 0.3 is 0 Å². The fourth-order valence-electron chi connectivity index (χ4n) is 1.12. The second-order valence-electron chi connectivity index (χ2n) is 3.48. The molecule has 2 N–H and O–H groups in total. The molecular weight excluding hydrogens is 240 g/mol. The number of nitrogens with two attached hydrogens (primary N) is 1. The fraction of sp³-hybridized carbons (Fsp3) is 0.364. The van der Waals surface area contributed by atoms with Crippen molar-refractivity contribution in [2.24, 2.45) is 11.7 Å². The molecule has 0 aliphatic rings. The van der Waals surface area contributed by atoms with E-state index in [2.05, 4.69) is 40.8 Å². The van der Waals surface area contributed by atoms with Crippen LogP contribution in [0, 0.1) is 5.92 Å². The van der Waals surface area contributed by atoms with E-state index in [0.717, 1.165) is 10.2 Å². The Balaban J connectivity index is 2.89. The molecule has 1 aromatic heterocycles. The molecule has 0 atom stereocenters. The van der Waals surface area contributed by atoms with Gasteiger partial charge in [-0.1, -0.05) is 19.4 Å². The van der Waals surface area contributed by atoms with Crippen LogP contribution in [0.15, 0.2) is 28.4 Å². The van der Waals surface area contributed by atoms with Crippen LogP contribution in [0.3, 0.4) is 0 Å². The highest BCUT2D eigenvalue weighted by atomic mass is 79.9. The highest BCUT2D eigenvalue weighted by Crippen LogP contribution is 2.14. The number of hydrogen-bond acceptors (Lipinski definition) is 2. The zero-order valence-corrected chi connectivity index (χ0v) is 10.1. The van der Waals surface area contributed by atoms with Gasteiger partial charge in [-0.2, -0.15) is 0 Å². The predicted molar refractivity (Wildman–Crippen MR) is 63.8 cm³/mol. The van der Waals surface area contributed by atoms with E-state index in [-0.39, 0.29) is 0 Å². The fourth-order valence-corrected chi connectivity index (χ4v) is 1.36. The Morgan fingerprint density at radius 1 is 1.57 bits per heavy atom. The van der Waals surface area contributed by atoms with E-state index < -0.39 is 0 Å². The number of nitrogens with zero attached hydrogens (tertiary/aromatic N) is 1. The second-order valence-corrected chi connectivity index (χ2v) is 4.40. The number of halogens is 1. The first-order chi connectivity index (χ1) is 6.63. The molecule has 14 heavy (non-hydrogen) atoms. The van der Waals surface area contributed by atoms with Gasteiger partial charge in [0.05, 0.1) is 5.69 Å². The molecule has 1 rings (SSSR count). The highest BCUT2D eigenvalue weighted by Gasteiger charge is 2.01. The Hall–Kier alpha value is -0.670. The number of pyridine rings is 1. The lowest BCUT2D eigenvalue weighted by Gasteiger charge is -2.07. The van der Waals surface area contributed by atoms with Crippen LogP contribution in [0.4, 0.5) is 0 Å². The summed E-state index contributed by atoms with van der Waals surface area (Å²) in [4.78, 5) is 4.27. The molecule has 0 spiro atoms. The summed E-state index contributed by atoms with van der Waals surface area (Å²) < 4.78 is 0.994. The number of rotatable bonds is 3. The summed E-state index contributed by atoms with van der Waals surface area (Å²) in [5, 5.41) is 0. The van der Waals surface area contributed by atoms with Gasteiger partial charge in [0.2, 0.25) is 0 Å². The van der Waals surface area contributed by atoms with Crippen LogP contribution < -0.4 is 5.73 Å². The van der Waals surface area contributed by atoms with Crippen molar-refractivity contribution in [3.63, 3.8) is 0 Å². The van der Waals surface area contributed by atoms with Gasteiger partial charge in [0.25, 0.3) is 0 Å². The first kappa shape index (κ1) is 11.4. The van der Waals surface area contributed by atoms with Crippen LogP contribution in [0.5, 0.6) is 0 Å². The summed E-state index contributed by atoms with van der Waals surface area (Å²) in [6.07, 6.45) is 3.84. The largest absolute Gasteiger partial charge is 0.327 e. The van der Waals surface area contributed by atoms with Gasteiger partial charge in [-0.05, 0) is 40.1 Å². The molecule has 0 saturated heterocycles. The van der Waals surface area contributed by atoms with E-state index in [9.17, 15) is 0 Å². The number of aromatic nitrogens is 1. The summed E-state index contributed by atoms with van der Waals surface area (Å²) in [7, 11) is 0. The van der Waals surface area contributed by atoms with Crippen LogP contribution in [0.1, 0.15) is 19.5 Å². The molecule has 0 radical (unpaired) electrons. The maximum Gasteiger partial charge on any atom is 0.0630 e.